The molecule has 4 aromatic rings. The lowest BCUT2D eigenvalue weighted by Gasteiger charge is -2.08. The molecule has 2 heterocycles. The molecule has 0 bridgehead atoms. The van der Waals surface area contributed by atoms with Gasteiger partial charge in [0.1, 0.15) is 22.8 Å². The molecule has 0 spiro atoms. The van der Waals surface area contributed by atoms with Crippen molar-refractivity contribution < 1.29 is 9.47 Å². The minimum absolute atomic E-state index is 0.752. The molecule has 6 heteroatoms. The van der Waals surface area contributed by atoms with Crippen molar-refractivity contribution in [2.45, 2.75) is 0 Å². The minimum Gasteiger partial charge on any atom is -0.497 e. The summed E-state index contributed by atoms with van der Waals surface area (Å²) in [4.78, 5) is 5.57. The molecular weight excluding hydrogens is 316 g/mol. The van der Waals surface area contributed by atoms with E-state index in [4.69, 9.17) is 15.3 Å². The van der Waals surface area contributed by atoms with E-state index >= 15 is 0 Å². The highest BCUT2D eigenvalue weighted by Gasteiger charge is 2.08. The van der Waals surface area contributed by atoms with Crippen LogP contribution >= 0.6 is 0 Å². The van der Waals surface area contributed by atoms with Crippen LogP contribution in [-0.2, 0) is 0 Å². The second-order valence-corrected chi connectivity index (χ2v) is 5.51. The number of ether oxygens (including phenoxy) is 2. The Morgan fingerprint density at radius 1 is 0.840 bits per heavy atom. The van der Waals surface area contributed by atoms with E-state index in [1.165, 1.54) is 4.79 Å². The first-order valence-electron chi connectivity index (χ1n) is 7.74. The molecule has 0 saturated heterocycles. The van der Waals surface area contributed by atoms with Crippen LogP contribution in [0.3, 0.4) is 0 Å². The third kappa shape index (κ3) is 2.85. The lowest BCUT2D eigenvalue weighted by Crippen LogP contribution is -2.08. The molecule has 0 aliphatic heterocycles. The first-order chi connectivity index (χ1) is 12.2. The number of benzene rings is 2. The molecule has 0 aliphatic carbocycles. The van der Waals surface area contributed by atoms with Crippen LogP contribution in [0.5, 0.6) is 17.2 Å². The zero-order valence-electron chi connectivity index (χ0n) is 13.6. The summed E-state index contributed by atoms with van der Waals surface area (Å²) < 4.78 is 11.0. The standard InChI is InChI=1S/C19H16N4O2/c1-24-14-6-8-16(9-7-14)25-15-4-2-13(3-5-15)17-10-21-12-19-18(17)11-22-23(19)20/h2-12H,20H2,1H3. The molecule has 0 atom stereocenters. The van der Waals surface area contributed by atoms with E-state index in [0.717, 1.165) is 39.3 Å². The van der Waals surface area contributed by atoms with Gasteiger partial charge in [-0.25, -0.2) is 0 Å². The summed E-state index contributed by atoms with van der Waals surface area (Å²) in [6.45, 7) is 0. The van der Waals surface area contributed by atoms with Crippen molar-refractivity contribution in [1.29, 1.82) is 0 Å². The fourth-order valence-electron chi connectivity index (χ4n) is 2.67. The van der Waals surface area contributed by atoms with Gasteiger partial charge < -0.3 is 15.3 Å². The van der Waals surface area contributed by atoms with Crippen molar-refractivity contribution in [3.63, 3.8) is 0 Å². The van der Waals surface area contributed by atoms with Crippen LogP contribution in [0.15, 0.2) is 67.1 Å². The van der Waals surface area contributed by atoms with Gasteiger partial charge in [-0.3, -0.25) is 4.98 Å². The second-order valence-electron chi connectivity index (χ2n) is 5.51. The third-order valence-corrected chi connectivity index (χ3v) is 3.99. The fraction of sp³-hybridized carbons (Fsp3) is 0.0526. The van der Waals surface area contributed by atoms with E-state index in [9.17, 15) is 0 Å². The topological polar surface area (TPSA) is 75.2 Å². The van der Waals surface area contributed by atoms with Crippen molar-refractivity contribution >= 4 is 10.9 Å². The molecule has 2 aromatic carbocycles. The second kappa shape index (κ2) is 6.16. The molecular formula is C19H16N4O2. The van der Waals surface area contributed by atoms with Crippen LogP contribution in [0.1, 0.15) is 0 Å². The van der Waals surface area contributed by atoms with Crippen LogP contribution in [0.25, 0.3) is 22.0 Å². The van der Waals surface area contributed by atoms with Crippen molar-refractivity contribution in [1.82, 2.24) is 14.9 Å². The Morgan fingerprint density at radius 2 is 1.48 bits per heavy atom. The molecule has 2 N–H and O–H groups in total. The summed E-state index contributed by atoms with van der Waals surface area (Å²) in [5.74, 6) is 8.09. The van der Waals surface area contributed by atoms with Crippen LogP contribution in [-0.4, -0.2) is 22.0 Å². The van der Waals surface area contributed by atoms with E-state index in [1.807, 2.05) is 54.7 Å². The first-order valence-corrected chi connectivity index (χ1v) is 7.74. The molecule has 124 valence electrons. The summed E-state index contributed by atoms with van der Waals surface area (Å²) in [5.41, 5.74) is 2.79. The molecule has 25 heavy (non-hydrogen) atoms. The van der Waals surface area contributed by atoms with Crippen LogP contribution in [0, 0.1) is 0 Å². The predicted molar refractivity (Wildman–Crippen MR) is 96.2 cm³/mol. The zero-order chi connectivity index (χ0) is 17.2. The van der Waals surface area contributed by atoms with Crippen molar-refractivity contribution in [2.24, 2.45) is 0 Å². The molecule has 0 radical (unpaired) electrons. The SMILES string of the molecule is COc1ccc(Oc2ccc(-c3cncc4c3cnn4N)cc2)cc1. The highest BCUT2D eigenvalue weighted by atomic mass is 16.5. The Hall–Kier alpha value is -3.54. The molecule has 0 unspecified atom stereocenters. The average molecular weight is 332 g/mol. The molecule has 0 fully saturated rings. The van der Waals surface area contributed by atoms with Gasteiger partial charge >= 0.3 is 0 Å². The molecule has 4 rings (SSSR count). The maximum Gasteiger partial charge on any atom is 0.127 e. The van der Waals surface area contributed by atoms with E-state index in [1.54, 1.807) is 19.5 Å². The van der Waals surface area contributed by atoms with E-state index < -0.39 is 0 Å². The number of hydrogen-bond donors (Lipinski definition) is 1. The van der Waals surface area contributed by atoms with Crippen LogP contribution in [0.4, 0.5) is 0 Å². The van der Waals surface area contributed by atoms with Gasteiger partial charge in [0.15, 0.2) is 0 Å². The quantitative estimate of drug-likeness (QED) is 0.578. The molecule has 0 saturated carbocycles. The van der Waals surface area contributed by atoms with Crippen molar-refractivity contribution in [3.8, 4) is 28.4 Å². The van der Waals surface area contributed by atoms with E-state index in [0.29, 0.717) is 0 Å². The number of nitrogens with two attached hydrogens (primary N) is 1. The highest BCUT2D eigenvalue weighted by molar-refractivity contribution is 5.93. The monoisotopic (exact) mass is 332 g/mol. The summed E-state index contributed by atoms with van der Waals surface area (Å²) in [6, 6.07) is 15.3. The fourth-order valence-corrected chi connectivity index (χ4v) is 2.67. The Labute approximate surface area is 144 Å². The van der Waals surface area contributed by atoms with E-state index in [2.05, 4.69) is 10.1 Å². The predicted octanol–water partition coefficient (Wildman–Crippen LogP) is 3.61. The van der Waals surface area contributed by atoms with Gasteiger partial charge in [-0.1, -0.05) is 12.1 Å². The number of aromatic nitrogens is 3. The van der Waals surface area contributed by atoms with Crippen molar-refractivity contribution in [2.75, 3.05) is 13.0 Å². The lowest BCUT2D eigenvalue weighted by atomic mass is 10.0. The molecule has 0 aliphatic rings. The van der Waals surface area contributed by atoms with Gasteiger partial charge in [0.2, 0.25) is 0 Å². The van der Waals surface area contributed by atoms with Gasteiger partial charge in [-0.05, 0) is 42.0 Å². The van der Waals surface area contributed by atoms with Crippen LogP contribution < -0.4 is 15.3 Å². The summed E-state index contributed by atoms with van der Waals surface area (Å²) >= 11 is 0. The average Bonchev–Trinajstić information content (AvgIpc) is 3.04. The molecule has 6 nitrogen and oxygen atoms in total. The molecule has 2 aromatic heterocycles. The Bertz CT molecular complexity index is 1010. The number of nitrogens with zero attached hydrogens (tertiary/aromatic N) is 3. The highest BCUT2D eigenvalue weighted by Crippen LogP contribution is 2.30. The van der Waals surface area contributed by atoms with Gasteiger partial charge in [0, 0.05) is 17.1 Å². The van der Waals surface area contributed by atoms with Gasteiger partial charge in [0.25, 0.3) is 0 Å². The first kappa shape index (κ1) is 15.0. The number of pyridine rings is 1. The Balaban J connectivity index is 1.60. The summed E-state index contributed by atoms with van der Waals surface area (Å²) in [6.07, 6.45) is 5.25. The normalized spacial score (nSPS) is 10.8. The Morgan fingerprint density at radius 3 is 2.16 bits per heavy atom. The van der Waals surface area contributed by atoms with Crippen LogP contribution in [0.2, 0.25) is 0 Å². The number of fused-ring (bicyclic) bond motifs is 1. The third-order valence-electron chi connectivity index (χ3n) is 3.99. The van der Waals surface area contributed by atoms with Gasteiger partial charge in [-0.15, -0.1) is 0 Å². The maximum atomic E-state index is 5.85. The van der Waals surface area contributed by atoms with E-state index in [-0.39, 0.29) is 0 Å². The number of rotatable bonds is 4. The minimum atomic E-state index is 0.752. The summed E-state index contributed by atoms with van der Waals surface area (Å²) in [5, 5.41) is 5.05. The number of methoxy groups -OCH3 is 1. The summed E-state index contributed by atoms with van der Waals surface area (Å²) in [7, 11) is 1.64. The lowest BCUT2D eigenvalue weighted by molar-refractivity contribution is 0.413. The maximum absolute atomic E-state index is 5.85. The zero-order valence-corrected chi connectivity index (χ0v) is 13.6. The van der Waals surface area contributed by atoms with Gasteiger partial charge in [0.05, 0.1) is 19.5 Å². The largest absolute Gasteiger partial charge is 0.497 e. The number of hydrogen-bond acceptors (Lipinski definition) is 5. The van der Waals surface area contributed by atoms with Crippen molar-refractivity contribution in [3.05, 3.63) is 67.1 Å². The number of nitrogen functional groups attached to an aromatic ring is 1. The van der Waals surface area contributed by atoms with Gasteiger partial charge in [-0.2, -0.15) is 9.89 Å². The Kier molecular flexibility index (Phi) is 3.70. The smallest absolute Gasteiger partial charge is 0.127 e. The molecule has 0 amide bonds.